The summed E-state index contributed by atoms with van der Waals surface area (Å²) in [5, 5.41) is 0. The highest BCUT2D eigenvalue weighted by Crippen LogP contribution is 2.28. The SMILES string of the molecule is CC[C@@H]1CCC[C@@H](NS(=O)(=O)N(C)C2CCCCC2)C1. The zero-order chi connectivity index (χ0) is 14.6. The van der Waals surface area contributed by atoms with E-state index in [1.165, 1.54) is 12.8 Å². The topological polar surface area (TPSA) is 49.4 Å². The highest BCUT2D eigenvalue weighted by Gasteiger charge is 2.31. The van der Waals surface area contributed by atoms with E-state index in [2.05, 4.69) is 11.6 Å². The van der Waals surface area contributed by atoms with Gasteiger partial charge >= 0.3 is 0 Å². The molecule has 0 aromatic heterocycles. The largest absolute Gasteiger partial charge is 0.279 e. The fourth-order valence-corrected chi connectivity index (χ4v) is 5.11. The van der Waals surface area contributed by atoms with Crippen LogP contribution in [0.25, 0.3) is 0 Å². The van der Waals surface area contributed by atoms with E-state index in [1.54, 1.807) is 11.4 Å². The summed E-state index contributed by atoms with van der Waals surface area (Å²) in [7, 11) is -1.56. The number of nitrogens with one attached hydrogen (secondary N) is 1. The first kappa shape index (κ1) is 16.2. The molecular formula is C15H30N2O2S. The fourth-order valence-electron chi connectivity index (χ4n) is 3.70. The Hall–Kier alpha value is -0.130. The van der Waals surface area contributed by atoms with Gasteiger partial charge in [0.2, 0.25) is 0 Å². The average molecular weight is 302 g/mol. The number of rotatable bonds is 5. The van der Waals surface area contributed by atoms with Crippen LogP contribution in [0.3, 0.4) is 0 Å². The molecule has 0 aliphatic heterocycles. The molecule has 0 unspecified atom stereocenters. The molecule has 0 radical (unpaired) electrons. The van der Waals surface area contributed by atoms with Gasteiger partial charge in [0.1, 0.15) is 0 Å². The molecule has 0 amide bonds. The van der Waals surface area contributed by atoms with E-state index in [4.69, 9.17) is 0 Å². The third kappa shape index (κ3) is 4.18. The number of nitrogens with zero attached hydrogens (tertiary/aromatic N) is 1. The van der Waals surface area contributed by atoms with Crippen LogP contribution < -0.4 is 4.72 Å². The van der Waals surface area contributed by atoms with Crippen molar-refractivity contribution in [2.24, 2.45) is 5.92 Å². The minimum atomic E-state index is -3.31. The van der Waals surface area contributed by atoms with Crippen LogP contribution in [0.2, 0.25) is 0 Å². The Bertz CT molecular complexity index is 391. The van der Waals surface area contributed by atoms with Crippen LogP contribution in [0.4, 0.5) is 0 Å². The molecule has 1 N–H and O–H groups in total. The van der Waals surface area contributed by atoms with E-state index in [0.29, 0.717) is 5.92 Å². The Morgan fingerprint density at radius 3 is 2.40 bits per heavy atom. The van der Waals surface area contributed by atoms with Crippen molar-refractivity contribution in [1.82, 2.24) is 9.03 Å². The molecule has 2 rings (SSSR count). The summed E-state index contributed by atoms with van der Waals surface area (Å²) in [5.74, 6) is 0.691. The van der Waals surface area contributed by atoms with E-state index in [9.17, 15) is 8.42 Å². The monoisotopic (exact) mass is 302 g/mol. The van der Waals surface area contributed by atoms with Gasteiger partial charge in [-0.1, -0.05) is 45.4 Å². The van der Waals surface area contributed by atoms with Crippen molar-refractivity contribution in [3.8, 4) is 0 Å². The summed E-state index contributed by atoms with van der Waals surface area (Å²) >= 11 is 0. The van der Waals surface area contributed by atoms with Gasteiger partial charge in [-0.25, -0.2) is 0 Å². The quantitative estimate of drug-likeness (QED) is 0.848. The van der Waals surface area contributed by atoms with Gasteiger partial charge in [-0.15, -0.1) is 0 Å². The maximum Gasteiger partial charge on any atom is 0.279 e. The van der Waals surface area contributed by atoms with E-state index >= 15 is 0 Å². The lowest BCUT2D eigenvalue weighted by Gasteiger charge is -2.34. The summed E-state index contributed by atoms with van der Waals surface area (Å²) in [6, 6.07) is 0.344. The Labute approximate surface area is 124 Å². The normalized spacial score (nSPS) is 29.8. The molecular weight excluding hydrogens is 272 g/mol. The van der Waals surface area contributed by atoms with Crippen molar-refractivity contribution in [2.45, 2.75) is 83.2 Å². The predicted molar refractivity (Wildman–Crippen MR) is 82.7 cm³/mol. The van der Waals surface area contributed by atoms with Crippen LogP contribution in [0.5, 0.6) is 0 Å². The maximum atomic E-state index is 12.5. The van der Waals surface area contributed by atoms with E-state index in [1.807, 2.05) is 0 Å². The molecule has 4 nitrogen and oxygen atoms in total. The molecule has 5 heteroatoms. The molecule has 0 spiro atoms. The van der Waals surface area contributed by atoms with Gasteiger partial charge in [0.25, 0.3) is 10.2 Å². The molecule has 20 heavy (non-hydrogen) atoms. The molecule has 0 heterocycles. The van der Waals surface area contributed by atoms with Gasteiger partial charge in [0, 0.05) is 19.1 Å². The molecule has 2 aliphatic rings. The highest BCUT2D eigenvalue weighted by molar-refractivity contribution is 7.87. The molecule has 118 valence electrons. The lowest BCUT2D eigenvalue weighted by Crippen LogP contribution is -2.49. The van der Waals surface area contributed by atoms with Crippen molar-refractivity contribution < 1.29 is 8.42 Å². The van der Waals surface area contributed by atoms with Gasteiger partial charge in [-0.3, -0.25) is 0 Å². The van der Waals surface area contributed by atoms with Gasteiger partial charge in [-0.05, 0) is 31.6 Å². The highest BCUT2D eigenvalue weighted by atomic mass is 32.2. The van der Waals surface area contributed by atoms with E-state index < -0.39 is 10.2 Å². The predicted octanol–water partition coefficient (Wildman–Crippen LogP) is 3.05. The summed E-state index contributed by atoms with van der Waals surface area (Å²) in [4.78, 5) is 0. The second-order valence-corrected chi connectivity index (χ2v) is 8.33. The minimum Gasteiger partial charge on any atom is -0.199 e. The Kier molecular flexibility index (Phi) is 5.87. The van der Waals surface area contributed by atoms with Crippen molar-refractivity contribution in [3.63, 3.8) is 0 Å². The zero-order valence-corrected chi connectivity index (χ0v) is 13.8. The Morgan fingerprint density at radius 2 is 1.75 bits per heavy atom. The van der Waals surface area contributed by atoms with E-state index in [-0.39, 0.29) is 12.1 Å². The molecule has 2 saturated carbocycles. The number of hydrogen-bond acceptors (Lipinski definition) is 2. The Balaban J connectivity index is 1.92. The van der Waals surface area contributed by atoms with Crippen molar-refractivity contribution in [1.29, 1.82) is 0 Å². The molecule has 2 aliphatic carbocycles. The van der Waals surface area contributed by atoms with Gasteiger partial charge in [0.05, 0.1) is 0 Å². The second-order valence-electron chi connectivity index (χ2n) is 6.57. The van der Waals surface area contributed by atoms with Crippen LogP contribution >= 0.6 is 0 Å². The Morgan fingerprint density at radius 1 is 1.05 bits per heavy atom. The van der Waals surface area contributed by atoms with Crippen LogP contribution in [0.15, 0.2) is 0 Å². The first-order chi connectivity index (χ1) is 9.53. The summed E-state index contributed by atoms with van der Waals surface area (Å²) in [6.45, 7) is 2.20. The summed E-state index contributed by atoms with van der Waals surface area (Å²) in [6.07, 6.45) is 11.2. The number of hydrogen-bond donors (Lipinski definition) is 1. The van der Waals surface area contributed by atoms with Gasteiger partial charge < -0.3 is 0 Å². The van der Waals surface area contributed by atoms with E-state index in [0.717, 1.165) is 51.4 Å². The third-order valence-corrected chi connectivity index (χ3v) is 6.83. The van der Waals surface area contributed by atoms with Crippen molar-refractivity contribution >= 4 is 10.2 Å². The molecule has 0 aromatic carbocycles. The lowest BCUT2D eigenvalue weighted by atomic mass is 9.85. The summed E-state index contributed by atoms with van der Waals surface area (Å²) in [5.41, 5.74) is 0. The molecule has 0 bridgehead atoms. The van der Waals surface area contributed by atoms with Gasteiger partial charge in [0.15, 0.2) is 0 Å². The van der Waals surface area contributed by atoms with Crippen molar-refractivity contribution in [2.75, 3.05) is 7.05 Å². The molecule has 0 aromatic rings. The minimum absolute atomic E-state index is 0.143. The van der Waals surface area contributed by atoms with Crippen LogP contribution in [0.1, 0.15) is 71.1 Å². The maximum absolute atomic E-state index is 12.5. The fraction of sp³-hybridized carbons (Fsp3) is 1.00. The standard InChI is InChI=1S/C15H30N2O2S/c1-3-13-8-7-9-14(12-13)16-20(18,19)17(2)15-10-5-4-6-11-15/h13-16H,3-12H2,1-2H3/t13-,14-/m1/s1. The lowest BCUT2D eigenvalue weighted by molar-refractivity contribution is 0.268. The zero-order valence-electron chi connectivity index (χ0n) is 13.0. The van der Waals surface area contributed by atoms with Crippen LogP contribution in [-0.2, 0) is 10.2 Å². The smallest absolute Gasteiger partial charge is 0.199 e. The van der Waals surface area contributed by atoms with Crippen LogP contribution in [0, 0.1) is 5.92 Å². The second kappa shape index (κ2) is 7.23. The third-order valence-electron chi connectivity index (χ3n) is 5.14. The van der Waals surface area contributed by atoms with Crippen LogP contribution in [-0.4, -0.2) is 31.9 Å². The molecule has 2 atom stereocenters. The first-order valence-electron chi connectivity index (χ1n) is 8.28. The van der Waals surface area contributed by atoms with Crippen molar-refractivity contribution in [3.05, 3.63) is 0 Å². The summed E-state index contributed by atoms with van der Waals surface area (Å²) < 4.78 is 29.6. The molecule has 0 saturated heterocycles. The average Bonchev–Trinajstić information content (AvgIpc) is 2.47. The molecule has 2 fully saturated rings. The van der Waals surface area contributed by atoms with Gasteiger partial charge in [-0.2, -0.15) is 17.4 Å². The first-order valence-corrected chi connectivity index (χ1v) is 9.72.